The molecule has 1 amide bonds. The third-order valence-corrected chi connectivity index (χ3v) is 5.10. The zero-order chi connectivity index (χ0) is 18.1. The van der Waals surface area contributed by atoms with Gasteiger partial charge in [-0.1, -0.05) is 6.07 Å². The first-order chi connectivity index (χ1) is 11.9. The molecule has 2 aromatic rings. The Morgan fingerprint density at radius 2 is 1.96 bits per heavy atom. The number of carbonyl (C=O) groups is 1. The number of aliphatic hydroxyl groups is 1. The molecule has 0 radical (unpaired) electrons. The van der Waals surface area contributed by atoms with Gasteiger partial charge in [-0.05, 0) is 58.8 Å². The van der Waals surface area contributed by atoms with Crippen LogP contribution in [0.3, 0.4) is 0 Å². The molecule has 3 nitrogen and oxygen atoms in total. The minimum Gasteiger partial charge on any atom is -0.394 e. The lowest BCUT2D eigenvalue weighted by molar-refractivity contribution is 0.0294. The number of hydrogen-bond acceptors (Lipinski definition) is 2. The van der Waals surface area contributed by atoms with Crippen molar-refractivity contribution in [2.75, 3.05) is 13.2 Å². The van der Waals surface area contributed by atoms with Crippen molar-refractivity contribution in [1.82, 2.24) is 4.90 Å². The number of likely N-dealkylation sites (tertiary alicyclic amines) is 1. The van der Waals surface area contributed by atoms with Crippen LogP contribution < -0.4 is 0 Å². The Morgan fingerprint density at radius 3 is 2.56 bits per heavy atom. The molecule has 7 heteroatoms. The molecule has 0 saturated carbocycles. The fourth-order valence-electron chi connectivity index (χ4n) is 2.87. The number of benzene rings is 2. The minimum absolute atomic E-state index is 0.00463. The summed E-state index contributed by atoms with van der Waals surface area (Å²) in [7, 11) is 0. The van der Waals surface area contributed by atoms with Crippen LogP contribution in [0.5, 0.6) is 0 Å². The average molecular weight is 461 g/mol. The lowest BCUT2D eigenvalue weighted by atomic mass is 9.95. The van der Waals surface area contributed by atoms with Crippen LogP contribution in [0.1, 0.15) is 27.9 Å². The van der Waals surface area contributed by atoms with E-state index >= 15 is 0 Å². The van der Waals surface area contributed by atoms with Gasteiger partial charge in [-0.2, -0.15) is 0 Å². The first kappa shape index (κ1) is 18.2. The van der Waals surface area contributed by atoms with Gasteiger partial charge in [-0.15, -0.1) is 0 Å². The summed E-state index contributed by atoms with van der Waals surface area (Å²) in [4.78, 5) is 14.1. The molecule has 132 valence electrons. The van der Waals surface area contributed by atoms with Gasteiger partial charge in [0.05, 0.1) is 12.6 Å². The third-order valence-electron chi connectivity index (χ3n) is 4.42. The maximum Gasteiger partial charge on any atom is 0.254 e. The molecule has 0 aliphatic carbocycles. The molecule has 1 aliphatic heterocycles. The van der Waals surface area contributed by atoms with Crippen molar-refractivity contribution < 1.29 is 23.1 Å². The number of carbonyl (C=O) groups excluding carboxylic acids is 1. The molecule has 25 heavy (non-hydrogen) atoms. The van der Waals surface area contributed by atoms with Gasteiger partial charge >= 0.3 is 0 Å². The summed E-state index contributed by atoms with van der Waals surface area (Å²) in [6.45, 7) is 0.261. The molecule has 0 spiro atoms. The number of hydrogen-bond donors (Lipinski definition) is 1. The normalized spacial score (nSPS) is 16.7. The van der Waals surface area contributed by atoms with Crippen molar-refractivity contribution in [3.63, 3.8) is 0 Å². The molecule has 1 atom stereocenters. The average Bonchev–Trinajstić information content (AvgIpc) is 2.53. The SMILES string of the molecule is O=C(c1ccc(F)c(F)c1Cc1ccc(I)cc1F)N1CCC1CO. The highest BCUT2D eigenvalue weighted by Gasteiger charge is 2.34. The van der Waals surface area contributed by atoms with Gasteiger partial charge in [-0.3, -0.25) is 4.79 Å². The van der Waals surface area contributed by atoms with Gasteiger partial charge in [0.2, 0.25) is 0 Å². The van der Waals surface area contributed by atoms with Crippen LogP contribution >= 0.6 is 22.6 Å². The third kappa shape index (κ3) is 3.52. The van der Waals surface area contributed by atoms with Crippen LogP contribution in [-0.2, 0) is 6.42 Å². The van der Waals surface area contributed by atoms with E-state index in [-0.39, 0.29) is 35.8 Å². The van der Waals surface area contributed by atoms with Crippen LogP contribution in [0.25, 0.3) is 0 Å². The maximum absolute atomic E-state index is 14.4. The molecule has 2 aromatic carbocycles. The summed E-state index contributed by atoms with van der Waals surface area (Å²) < 4.78 is 42.8. The molecule has 1 N–H and O–H groups in total. The zero-order valence-corrected chi connectivity index (χ0v) is 15.3. The second-order valence-electron chi connectivity index (χ2n) is 5.92. The first-order valence-corrected chi connectivity index (χ1v) is 8.83. The predicted molar refractivity (Wildman–Crippen MR) is 94.8 cm³/mol. The fourth-order valence-corrected chi connectivity index (χ4v) is 3.33. The van der Waals surface area contributed by atoms with Crippen LogP contribution in [0, 0.1) is 21.0 Å². The van der Waals surface area contributed by atoms with Crippen molar-refractivity contribution in [3.8, 4) is 0 Å². The van der Waals surface area contributed by atoms with Gasteiger partial charge in [0.15, 0.2) is 11.6 Å². The highest BCUT2D eigenvalue weighted by molar-refractivity contribution is 14.1. The largest absolute Gasteiger partial charge is 0.394 e. The smallest absolute Gasteiger partial charge is 0.254 e. The maximum atomic E-state index is 14.4. The van der Waals surface area contributed by atoms with E-state index in [1.54, 1.807) is 6.07 Å². The van der Waals surface area contributed by atoms with E-state index in [1.807, 2.05) is 22.6 Å². The van der Waals surface area contributed by atoms with Crippen LogP contribution in [-0.4, -0.2) is 35.1 Å². The summed E-state index contributed by atoms with van der Waals surface area (Å²) >= 11 is 1.95. The Kier molecular flexibility index (Phi) is 5.33. The molecule has 0 aromatic heterocycles. The Bertz CT molecular complexity index is 826. The van der Waals surface area contributed by atoms with E-state index in [9.17, 15) is 23.1 Å². The Morgan fingerprint density at radius 1 is 1.20 bits per heavy atom. The number of aliphatic hydroxyl groups excluding tert-OH is 1. The molecule has 1 unspecified atom stereocenters. The topological polar surface area (TPSA) is 40.5 Å². The zero-order valence-electron chi connectivity index (χ0n) is 13.1. The molecular formula is C18H15F3INO2. The predicted octanol–water partition coefficient (Wildman–Crippen LogP) is 3.51. The quantitative estimate of drug-likeness (QED) is 0.709. The monoisotopic (exact) mass is 461 g/mol. The van der Waals surface area contributed by atoms with Crippen molar-refractivity contribution in [3.05, 3.63) is 68.0 Å². The molecule has 1 fully saturated rings. The van der Waals surface area contributed by atoms with E-state index in [0.29, 0.717) is 16.5 Å². The molecule has 0 bridgehead atoms. The van der Waals surface area contributed by atoms with Crippen LogP contribution in [0.15, 0.2) is 30.3 Å². The van der Waals surface area contributed by atoms with E-state index in [2.05, 4.69) is 0 Å². The number of amides is 1. The summed E-state index contributed by atoms with van der Waals surface area (Å²) in [6.07, 6.45) is 0.429. The second kappa shape index (κ2) is 7.33. The number of halogens is 4. The van der Waals surface area contributed by atoms with Crippen LogP contribution in [0.2, 0.25) is 0 Å². The lowest BCUT2D eigenvalue weighted by Crippen LogP contribution is -2.53. The van der Waals surface area contributed by atoms with E-state index in [0.717, 1.165) is 6.07 Å². The molecule has 1 aliphatic rings. The lowest BCUT2D eigenvalue weighted by Gasteiger charge is -2.40. The van der Waals surface area contributed by atoms with Crippen LogP contribution in [0.4, 0.5) is 13.2 Å². The number of rotatable bonds is 4. The highest BCUT2D eigenvalue weighted by Crippen LogP contribution is 2.27. The second-order valence-corrected chi connectivity index (χ2v) is 7.17. The minimum atomic E-state index is -1.15. The Labute approximate surface area is 156 Å². The van der Waals surface area contributed by atoms with E-state index in [1.165, 1.54) is 23.1 Å². The van der Waals surface area contributed by atoms with Gasteiger partial charge in [0.25, 0.3) is 5.91 Å². The molecular weight excluding hydrogens is 446 g/mol. The fraction of sp³-hybridized carbons (Fsp3) is 0.278. The van der Waals surface area contributed by atoms with E-state index < -0.39 is 23.4 Å². The summed E-state index contributed by atoms with van der Waals surface area (Å²) in [6, 6.07) is 6.25. The van der Waals surface area contributed by atoms with E-state index in [4.69, 9.17) is 0 Å². The summed E-state index contributed by atoms with van der Waals surface area (Å²) in [5.74, 6) is -3.25. The van der Waals surface area contributed by atoms with Crippen molar-refractivity contribution >= 4 is 28.5 Å². The van der Waals surface area contributed by atoms with Crippen molar-refractivity contribution in [1.29, 1.82) is 0 Å². The standard InChI is InChI=1S/C18H15F3INO2/c19-15-4-3-13(18(25)23-6-5-12(23)9-24)14(17(15)21)7-10-1-2-11(22)8-16(10)20/h1-4,8,12,24H,5-7,9H2. The van der Waals surface area contributed by atoms with Gasteiger partial charge in [-0.25, -0.2) is 13.2 Å². The van der Waals surface area contributed by atoms with Gasteiger partial charge in [0, 0.05) is 27.7 Å². The first-order valence-electron chi connectivity index (χ1n) is 7.75. The Balaban J connectivity index is 2.00. The van der Waals surface area contributed by atoms with Crippen molar-refractivity contribution in [2.24, 2.45) is 0 Å². The van der Waals surface area contributed by atoms with Crippen molar-refractivity contribution in [2.45, 2.75) is 18.9 Å². The molecule has 1 saturated heterocycles. The highest BCUT2D eigenvalue weighted by atomic mass is 127. The number of nitrogens with zero attached hydrogens (tertiary/aromatic N) is 1. The molecule has 3 rings (SSSR count). The van der Waals surface area contributed by atoms with Gasteiger partial charge in [0.1, 0.15) is 5.82 Å². The van der Waals surface area contributed by atoms with Gasteiger partial charge < -0.3 is 10.0 Å². The summed E-state index contributed by atoms with van der Waals surface area (Å²) in [5, 5.41) is 9.24. The molecule has 1 heterocycles. The summed E-state index contributed by atoms with van der Waals surface area (Å²) in [5.41, 5.74) is 0.00461. The Hall–Kier alpha value is -1.61.